The molecule has 1 aromatic carbocycles. The lowest BCUT2D eigenvalue weighted by atomic mass is 9.98. The molecule has 0 radical (unpaired) electrons. The lowest BCUT2D eigenvalue weighted by Gasteiger charge is -2.33. The first kappa shape index (κ1) is 24.9. The number of ether oxygens (including phenoxy) is 3. The number of esters is 1. The van der Waals surface area contributed by atoms with Crippen molar-refractivity contribution in [2.75, 3.05) is 31.6 Å². The zero-order chi connectivity index (χ0) is 23.9. The Hall–Kier alpha value is -3.37. The fourth-order valence-electron chi connectivity index (χ4n) is 3.13. The summed E-state index contributed by atoms with van der Waals surface area (Å²) in [6.45, 7) is 7.36. The molecule has 1 N–H and O–H groups in total. The molecule has 1 heterocycles. The minimum Gasteiger partial charge on any atom is -0.494 e. The second kappa shape index (κ2) is 10.8. The van der Waals surface area contributed by atoms with Gasteiger partial charge in [-0.05, 0) is 52.7 Å². The van der Waals surface area contributed by atoms with E-state index in [1.54, 1.807) is 27.7 Å². The van der Waals surface area contributed by atoms with E-state index in [0.29, 0.717) is 31.7 Å². The average Bonchev–Trinajstić information content (AvgIpc) is 2.72. The Morgan fingerprint density at radius 2 is 2.00 bits per heavy atom. The number of carbonyl (C=O) groups excluding carboxylic acids is 3. The first-order chi connectivity index (χ1) is 15.0. The Balaban J connectivity index is 1.91. The Bertz CT molecular complexity index is 865. The van der Waals surface area contributed by atoms with Crippen molar-refractivity contribution in [1.82, 2.24) is 4.90 Å². The molecule has 2 rings (SSSR count). The van der Waals surface area contributed by atoms with Crippen LogP contribution in [0.3, 0.4) is 0 Å². The summed E-state index contributed by atoms with van der Waals surface area (Å²) in [4.78, 5) is 48.9. The molecule has 1 aliphatic rings. The molecule has 11 heteroatoms. The fourth-order valence-corrected chi connectivity index (χ4v) is 3.13. The van der Waals surface area contributed by atoms with E-state index in [-0.39, 0.29) is 17.9 Å². The van der Waals surface area contributed by atoms with Crippen LogP contribution in [0.4, 0.5) is 16.2 Å². The van der Waals surface area contributed by atoms with Crippen LogP contribution in [-0.4, -0.2) is 59.7 Å². The Morgan fingerprint density at radius 3 is 2.62 bits per heavy atom. The number of carbonyl (C=O) groups is 3. The van der Waals surface area contributed by atoms with Crippen LogP contribution in [0.2, 0.25) is 0 Å². The Kier molecular flexibility index (Phi) is 8.39. The van der Waals surface area contributed by atoms with Gasteiger partial charge in [0.1, 0.15) is 17.0 Å². The molecule has 0 aliphatic carbocycles. The zero-order valence-electron chi connectivity index (χ0n) is 18.7. The number of likely N-dealkylation sites (tertiary alicyclic amines) is 1. The summed E-state index contributed by atoms with van der Waals surface area (Å²) >= 11 is 0. The standard InChI is InChI=1S/C21H29N3O8/c1-5-30-15-8-9-16(17(11-15)24(28)29)22-18(25)13-31-19(26)14-7-6-10-23(12-14)20(27)32-21(2,3)4/h8-9,11,14H,5-7,10,12-13H2,1-4H3,(H,22,25). The molecule has 0 aromatic heterocycles. The normalized spacial score (nSPS) is 16.1. The summed E-state index contributed by atoms with van der Waals surface area (Å²) in [6.07, 6.45) is 0.615. The van der Waals surface area contributed by atoms with Gasteiger partial charge in [-0.2, -0.15) is 0 Å². The van der Waals surface area contributed by atoms with Gasteiger partial charge in [0.15, 0.2) is 6.61 Å². The maximum atomic E-state index is 12.4. The predicted octanol–water partition coefficient (Wildman–Crippen LogP) is 3.12. The highest BCUT2D eigenvalue weighted by atomic mass is 16.6. The van der Waals surface area contributed by atoms with E-state index in [1.807, 2.05) is 0 Å². The van der Waals surface area contributed by atoms with Crippen LogP contribution in [0.1, 0.15) is 40.5 Å². The highest BCUT2D eigenvalue weighted by Crippen LogP contribution is 2.29. The number of amides is 2. The highest BCUT2D eigenvalue weighted by Gasteiger charge is 2.32. The molecule has 1 fully saturated rings. The summed E-state index contributed by atoms with van der Waals surface area (Å²) in [7, 11) is 0. The number of nitrogens with one attached hydrogen (secondary N) is 1. The number of benzene rings is 1. The number of nitro benzene ring substituents is 1. The zero-order valence-corrected chi connectivity index (χ0v) is 18.7. The van der Waals surface area contributed by atoms with Gasteiger partial charge in [0.05, 0.1) is 23.5 Å². The molecule has 176 valence electrons. The van der Waals surface area contributed by atoms with Gasteiger partial charge in [0, 0.05) is 13.1 Å². The smallest absolute Gasteiger partial charge is 0.410 e. The second-order valence-electron chi connectivity index (χ2n) is 8.29. The van der Waals surface area contributed by atoms with E-state index in [0.717, 1.165) is 0 Å². The quantitative estimate of drug-likeness (QED) is 0.379. The summed E-state index contributed by atoms with van der Waals surface area (Å²) in [5.41, 5.74) is -1.02. The van der Waals surface area contributed by atoms with Gasteiger partial charge in [-0.15, -0.1) is 0 Å². The molecule has 1 aliphatic heterocycles. The van der Waals surface area contributed by atoms with Crippen molar-refractivity contribution in [2.24, 2.45) is 5.92 Å². The van der Waals surface area contributed by atoms with E-state index in [1.165, 1.54) is 23.1 Å². The number of nitrogens with zero attached hydrogens (tertiary/aromatic N) is 2. The molecule has 1 atom stereocenters. The van der Waals surface area contributed by atoms with Crippen molar-refractivity contribution in [2.45, 2.75) is 46.1 Å². The number of hydrogen-bond donors (Lipinski definition) is 1. The molecule has 0 spiro atoms. The van der Waals surface area contributed by atoms with Crippen molar-refractivity contribution in [3.05, 3.63) is 28.3 Å². The minimum atomic E-state index is -0.717. The van der Waals surface area contributed by atoms with Crippen LogP contribution in [0, 0.1) is 16.0 Å². The molecule has 11 nitrogen and oxygen atoms in total. The van der Waals surface area contributed by atoms with E-state index in [9.17, 15) is 24.5 Å². The molecular formula is C21H29N3O8. The number of piperidine rings is 1. The number of nitro groups is 1. The maximum Gasteiger partial charge on any atom is 0.410 e. The van der Waals surface area contributed by atoms with Gasteiger partial charge in [0.2, 0.25) is 0 Å². The number of hydrogen-bond acceptors (Lipinski definition) is 8. The highest BCUT2D eigenvalue weighted by molar-refractivity contribution is 5.95. The summed E-state index contributed by atoms with van der Waals surface area (Å²) in [6, 6.07) is 4.05. The van der Waals surface area contributed by atoms with E-state index < -0.39 is 41.0 Å². The maximum absolute atomic E-state index is 12.4. The molecule has 0 saturated carbocycles. The Morgan fingerprint density at radius 1 is 1.28 bits per heavy atom. The molecule has 2 amide bonds. The summed E-state index contributed by atoms with van der Waals surface area (Å²) in [5.74, 6) is -1.61. The minimum absolute atomic E-state index is 0.0340. The first-order valence-electron chi connectivity index (χ1n) is 10.4. The van der Waals surface area contributed by atoms with Crippen molar-refractivity contribution >= 4 is 29.3 Å². The molecular weight excluding hydrogens is 422 g/mol. The van der Waals surface area contributed by atoms with E-state index in [4.69, 9.17) is 14.2 Å². The largest absolute Gasteiger partial charge is 0.494 e. The predicted molar refractivity (Wildman–Crippen MR) is 114 cm³/mol. The summed E-state index contributed by atoms with van der Waals surface area (Å²) in [5, 5.41) is 13.7. The lowest BCUT2D eigenvalue weighted by molar-refractivity contribution is -0.384. The molecule has 1 unspecified atom stereocenters. The van der Waals surface area contributed by atoms with Gasteiger partial charge in [-0.1, -0.05) is 0 Å². The Labute approximate surface area is 186 Å². The number of rotatable bonds is 7. The van der Waals surface area contributed by atoms with Crippen molar-refractivity contribution in [3.63, 3.8) is 0 Å². The van der Waals surface area contributed by atoms with Gasteiger partial charge >= 0.3 is 12.1 Å². The van der Waals surface area contributed by atoms with E-state index >= 15 is 0 Å². The lowest BCUT2D eigenvalue weighted by Crippen LogP contribution is -2.45. The van der Waals surface area contributed by atoms with Crippen molar-refractivity contribution in [1.29, 1.82) is 0 Å². The third kappa shape index (κ3) is 7.40. The third-order valence-electron chi connectivity index (χ3n) is 4.50. The van der Waals surface area contributed by atoms with Gasteiger partial charge in [-0.25, -0.2) is 4.79 Å². The molecule has 32 heavy (non-hydrogen) atoms. The molecule has 1 aromatic rings. The van der Waals surface area contributed by atoms with Crippen molar-refractivity contribution in [3.8, 4) is 5.75 Å². The topological polar surface area (TPSA) is 137 Å². The molecule has 0 bridgehead atoms. The van der Waals surface area contributed by atoms with Crippen molar-refractivity contribution < 1.29 is 33.5 Å². The van der Waals surface area contributed by atoms with Crippen LogP contribution in [0.5, 0.6) is 5.75 Å². The fraction of sp³-hybridized carbons (Fsp3) is 0.571. The van der Waals surface area contributed by atoms with Crippen LogP contribution >= 0.6 is 0 Å². The SMILES string of the molecule is CCOc1ccc(NC(=O)COC(=O)C2CCCN(C(=O)OC(C)(C)C)C2)c([N+](=O)[O-])c1. The van der Waals surface area contributed by atoms with Crippen LogP contribution < -0.4 is 10.1 Å². The van der Waals surface area contributed by atoms with E-state index in [2.05, 4.69) is 5.32 Å². The monoisotopic (exact) mass is 451 g/mol. The second-order valence-corrected chi connectivity index (χ2v) is 8.29. The van der Waals surface area contributed by atoms with Crippen LogP contribution in [0.15, 0.2) is 18.2 Å². The number of anilines is 1. The van der Waals surface area contributed by atoms with Crippen LogP contribution in [-0.2, 0) is 19.1 Å². The average molecular weight is 451 g/mol. The van der Waals surface area contributed by atoms with Gasteiger partial charge in [-0.3, -0.25) is 19.7 Å². The van der Waals surface area contributed by atoms with Gasteiger partial charge < -0.3 is 24.4 Å². The summed E-state index contributed by atoms with van der Waals surface area (Å²) < 4.78 is 15.6. The first-order valence-corrected chi connectivity index (χ1v) is 10.4. The molecule has 1 saturated heterocycles. The van der Waals surface area contributed by atoms with Gasteiger partial charge in [0.25, 0.3) is 11.6 Å². The van der Waals surface area contributed by atoms with Crippen LogP contribution in [0.25, 0.3) is 0 Å². The third-order valence-corrected chi connectivity index (χ3v) is 4.50.